The Labute approximate surface area is 91.0 Å². The summed E-state index contributed by atoms with van der Waals surface area (Å²) >= 11 is 1.78. The van der Waals surface area contributed by atoms with Gasteiger partial charge in [-0.1, -0.05) is 20.8 Å². The molecular weight excluding hydrogens is 192 g/mol. The molecule has 0 amide bonds. The molecule has 3 heteroatoms. The standard InChI is InChI=1S/C11H20N2S/c1-11(2,3)9-8-14-10(12-9)6-7-13(4)5/h8H,6-7H2,1-5H3. The van der Waals surface area contributed by atoms with Crippen molar-refractivity contribution in [2.24, 2.45) is 0 Å². The van der Waals surface area contributed by atoms with Crippen LogP contribution >= 0.6 is 11.3 Å². The maximum Gasteiger partial charge on any atom is 0.0941 e. The van der Waals surface area contributed by atoms with Crippen LogP contribution in [0.25, 0.3) is 0 Å². The van der Waals surface area contributed by atoms with Crippen molar-refractivity contribution in [2.75, 3.05) is 20.6 Å². The second-order valence-corrected chi connectivity index (χ2v) is 5.87. The van der Waals surface area contributed by atoms with E-state index in [0.717, 1.165) is 13.0 Å². The number of rotatable bonds is 3. The van der Waals surface area contributed by atoms with Crippen molar-refractivity contribution in [1.29, 1.82) is 0 Å². The van der Waals surface area contributed by atoms with E-state index in [9.17, 15) is 0 Å². The summed E-state index contributed by atoms with van der Waals surface area (Å²) in [6, 6.07) is 0. The zero-order valence-electron chi connectivity index (χ0n) is 9.79. The summed E-state index contributed by atoms with van der Waals surface area (Å²) in [5.74, 6) is 0. The van der Waals surface area contributed by atoms with Crippen LogP contribution in [0.2, 0.25) is 0 Å². The third-order valence-electron chi connectivity index (χ3n) is 2.09. The van der Waals surface area contributed by atoms with Crippen LogP contribution in [-0.2, 0) is 11.8 Å². The maximum atomic E-state index is 4.65. The molecule has 0 saturated carbocycles. The number of likely N-dealkylation sites (N-methyl/N-ethyl adjacent to an activating group) is 1. The molecular formula is C11H20N2S. The van der Waals surface area contributed by atoms with Crippen molar-refractivity contribution in [3.63, 3.8) is 0 Å². The predicted molar refractivity (Wildman–Crippen MR) is 63.1 cm³/mol. The molecule has 0 N–H and O–H groups in total. The Bertz CT molecular complexity index is 284. The normalized spacial score (nSPS) is 12.4. The first kappa shape index (κ1) is 11.7. The first-order chi connectivity index (χ1) is 6.39. The molecule has 14 heavy (non-hydrogen) atoms. The van der Waals surface area contributed by atoms with Crippen molar-refractivity contribution in [2.45, 2.75) is 32.6 Å². The summed E-state index contributed by atoms with van der Waals surface area (Å²) in [6.45, 7) is 7.70. The Morgan fingerprint density at radius 2 is 2.00 bits per heavy atom. The second kappa shape index (κ2) is 4.41. The molecule has 0 aliphatic rings. The largest absolute Gasteiger partial charge is 0.309 e. The number of hydrogen-bond acceptors (Lipinski definition) is 3. The van der Waals surface area contributed by atoms with Crippen LogP contribution in [0.4, 0.5) is 0 Å². The number of aromatic nitrogens is 1. The zero-order chi connectivity index (χ0) is 10.8. The molecule has 0 aromatic carbocycles. The summed E-state index contributed by atoms with van der Waals surface area (Å²) in [5, 5.41) is 3.44. The third kappa shape index (κ3) is 3.39. The SMILES string of the molecule is CN(C)CCc1nc(C(C)(C)C)cs1. The average Bonchev–Trinajstić information content (AvgIpc) is 2.47. The Morgan fingerprint density at radius 3 is 2.43 bits per heavy atom. The fraction of sp³-hybridized carbons (Fsp3) is 0.727. The van der Waals surface area contributed by atoms with Crippen molar-refractivity contribution in [3.05, 3.63) is 16.1 Å². The lowest BCUT2D eigenvalue weighted by Crippen LogP contribution is -2.15. The molecule has 1 heterocycles. The van der Waals surface area contributed by atoms with E-state index < -0.39 is 0 Å². The smallest absolute Gasteiger partial charge is 0.0941 e. The highest BCUT2D eigenvalue weighted by atomic mass is 32.1. The van der Waals surface area contributed by atoms with Crippen LogP contribution in [-0.4, -0.2) is 30.5 Å². The highest BCUT2D eigenvalue weighted by molar-refractivity contribution is 7.09. The highest BCUT2D eigenvalue weighted by Crippen LogP contribution is 2.23. The van der Waals surface area contributed by atoms with Gasteiger partial charge in [0, 0.05) is 23.8 Å². The van der Waals surface area contributed by atoms with Crippen molar-refractivity contribution in [1.82, 2.24) is 9.88 Å². The lowest BCUT2D eigenvalue weighted by molar-refractivity contribution is 0.413. The van der Waals surface area contributed by atoms with Gasteiger partial charge in [0.1, 0.15) is 0 Å². The van der Waals surface area contributed by atoms with E-state index in [-0.39, 0.29) is 5.41 Å². The van der Waals surface area contributed by atoms with Gasteiger partial charge in [0.2, 0.25) is 0 Å². The molecule has 0 aliphatic heterocycles. The molecule has 0 saturated heterocycles. The van der Waals surface area contributed by atoms with E-state index in [1.165, 1.54) is 10.7 Å². The molecule has 1 aromatic rings. The Hall–Kier alpha value is -0.410. The Balaban J connectivity index is 2.60. The van der Waals surface area contributed by atoms with Gasteiger partial charge in [-0.25, -0.2) is 4.98 Å². The van der Waals surface area contributed by atoms with E-state index >= 15 is 0 Å². The Morgan fingerprint density at radius 1 is 1.36 bits per heavy atom. The van der Waals surface area contributed by atoms with E-state index in [1.54, 1.807) is 11.3 Å². The van der Waals surface area contributed by atoms with Crippen LogP contribution < -0.4 is 0 Å². The van der Waals surface area contributed by atoms with Gasteiger partial charge in [-0.05, 0) is 14.1 Å². The summed E-state index contributed by atoms with van der Waals surface area (Å²) < 4.78 is 0. The van der Waals surface area contributed by atoms with Gasteiger partial charge in [-0.15, -0.1) is 11.3 Å². The van der Waals surface area contributed by atoms with Gasteiger partial charge >= 0.3 is 0 Å². The summed E-state index contributed by atoms with van der Waals surface area (Å²) in [4.78, 5) is 6.84. The lowest BCUT2D eigenvalue weighted by Gasteiger charge is -2.14. The number of hydrogen-bond donors (Lipinski definition) is 0. The predicted octanol–water partition coefficient (Wildman–Crippen LogP) is 2.54. The average molecular weight is 212 g/mol. The van der Waals surface area contributed by atoms with Crippen molar-refractivity contribution >= 4 is 11.3 Å². The van der Waals surface area contributed by atoms with Crippen LogP contribution in [0.1, 0.15) is 31.5 Å². The molecule has 0 aliphatic carbocycles. The highest BCUT2D eigenvalue weighted by Gasteiger charge is 2.17. The molecule has 0 unspecified atom stereocenters. The Kier molecular flexibility index (Phi) is 3.67. The lowest BCUT2D eigenvalue weighted by atomic mass is 9.93. The maximum absolute atomic E-state index is 4.65. The van der Waals surface area contributed by atoms with Crippen LogP contribution in [0, 0.1) is 0 Å². The monoisotopic (exact) mass is 212 g/mol. The molecule has 80 valence electrons. The van der Waals surface area contributed by atoms with Gasteiger partial charge in [-0.3, -0.25) is 0 Å². The molecule has 0 spiro atoms. The minimum Gasteiger partial charge on any atom is -0.309 e. The molecule has 1 aromatic heterocycles. The molecule has 0 radical (unpaired) electrons. The fourth-order valence-electron chi connectivity index (χ4n) is 1.09. The van der Waals surface area contributed by atoms with Gasteiger partial charge in [0.25, 0.3) is 0 Å². The summed E-state index contributed by atoms with van der Waals surface area (Å²) in [7, 11) is 4.19. The van der Waals surface area contributed by atoms with Gasteiger partial charge in [0.15, 0.2) is 0 Å². The van der Waals surface area contributed by atoms with Crippen LogP contribution in [0.5, 0.6) is 0 Å². The summed E-state index contributed by atoms with van der Waals surface area (Å²) in [5.41, 5.74) is 1.41. The summed E-state index contributed by atoms with van der Waals surface area (Å²) in [6.07, 6.45) is 1.06. The van der Waals surface area contributed by atoms with Gasteiger partial charge < -0.3 is 4.90 Å². The quantitative estimate of drug-likeness (QED) is 0.765. The number of thiazole rings is 1. The van der Waals surface area contributed by atoms with Gasteiger partial charge in [0.05, 0.1) is 10.7 Å². The molecule has 0 atom stereocenters. The molecule has 2 nitrogen and oxygen atoms in total. The second-order valence-electron chi connectivity index (χ2n) is 4.93. The van der Waals surface area contributed by atoms with E-state index in [2.05, 4.69) is 50.1 Å². The fourth-order valence-corrected chi connectivity index (χ4v) is 2.10. The van der Waals surface area contributed by atoms with E-state index in [1.807, 2.05) is 0 Å². The van der Waals surface area contributed by atoms with E-state index in [0.29, 0.717) is 0 Å². The zero-order valence-corrected chi connectivity index (χ0v) is 10.6. The number of nitrogens with zero attached hydrogens (tertiary/aromatic N) is 2. The van der Waals surface area contributed by atoms with Crippen molar-refractivity contribution in [3.8, 4) is 0 Å². The van der Waals surface area contributed by atoms with Crippen LogP contribution in [0.3, 0.4) is 0 Å². The first-order valence-electron chi connectivity index (χ1n) is 4.99. The minimum absolute atomic E-state index is 0.187. The molecule has 1 rings (SSSR count). The topological polar surface area (TPSA) is 16.1 Å². The molecule has 0 bridgehead atoms. The van der Waals surface area contributed by atoms with Crippen molar-refractivity contribution < 1.29 is 0 Å². The van der Waals surface area contributed by atoms with E-state index in [4.69, 9.17) is 0 Å². The van der Waals surface area contributed by atoms with Crippen LogP contribution in [0.15, 0.2) is 5.38 Å². The van der Waals surface area contributed by atoms with Gasteiger partial charge in [-0.2, -0.15) is 0 Å². The first-order valence-corrected chi connectivity index (χ1v) is 5.87. The third-order valence-corrected chi connectivity index (χ3v) is 3.00. The molecule has 0 fully saturated rings. The minimum atomic E-state index is 0.187.